The largest absolute Gasteiger partial charge is 0.478 e. The van der Waals surface area contributed by atoms with Crippen molar-refractivity contribution in [2.75, 3.05) is 27.2 Å². The first-order chi connectivity index (χ1) is 9.40. The molecule has 0 aliphatic heterocycles. The molecule has 0 atom stereocenters. The normalized spacial score (nSPS) is 10.6. The molecule has 0 saturated heterocycles. The Hall–Kier alpha value is -2.02. The third kappa shape index (κ3) is 5.31. The molecule has 112 valence electrons. The standard InChI is InChI=1S/C13H21N3O4/c1-9-11(12(17)18)7-10(20-9)8-15-13(19)14-5-4-6-16(2)3/h7H,4-6,8H2,1-3H3,(H,17,18)(H2,14,15,19). The number of furan rings is 1. The van der Waals surface area contributed by atoms with Gasteiger partial charge in [0.1, 0.15) is 17.1 Å². The van der Waals surface area contributed by atoms with E-state index in [1.54, 1.807) is 6.92 Å². The van der Waals surface area contributed by atoms with Gasteiger partial charge in [-0.25, -0.2) is 9.59 Å². The van der Waals surface area contributed by atoms with E-state index in [2.05, 4.69) is 10.6 Å². The van der Waals surface area contributed by atoms with Gasteiger partial charge in [-0.15, -0.1) is 0 Å². The number of nitrogens with zero attached hydrogens (tertiary/aromatic N) is 1. The monoisotopic (exact) mass is 283 g/mol. The van der Waals surface area contributed by atoms with Crippen molar-refractivity contribution in [3.63, 3.8) is 0 Å². The molecule has 0 spiro atoms. The lowest BCUT2D eigenvalue weighted by molar-refractivity contribution is 0.0695. The Labute approximate surface area is 117 Å². The number of aromatic carboxylic acids is 1. The van der Waals surface area contributed by atoms with Crippen LogP contribution in [0.15, 0.2) is 10.5 Å². The predicted molar refractivity (Wildman–Crippen MR) is 73.8 cm³/mol. The Balaban J connectivity index is 2.30. The molecule has 0 aromatic carbocycles. The smallest absolute Gasteiger partial charge is 0.339 e. The summed E-state index contributed by atoms with van der Waals surface area (Å²) in [6.45, 7) is 3.23. The first-order valence-corrected chi connectivity index (χ1v) is 6.39. The number of carboxylic acids is 1. The van der Waals surface area contributed by atoms with Crippen molar-refractivity contribution in [2.24, 2.45) is 0 Å². The SMILES string of the molecule is Cc1oc(CNC(=O)NCCCN(C)C)cc1C(=O)O. The Bertz CT molecular complexity index is 468. The van der Waals surface area contributed by atoms with Gasteiger partial charge in [0.25, 0.3) is 0 Å². The van der Waals surface area contributed by atoms with E-state index in [-0.39, 0.29) is 18.1 Å². The highest BCUT2D eigenvalue weighted by Crippen LogP contribution is 2.14. The Kier molecular flexibility index (Phi) is 6.05. The zero-order valence-corrected chi connectivity index (χ0v) is 12.0. The second-order valence-corrected chi connectivity index (χ2v) is 4.75. The minimum atomic E-state index is -1.04. The molecule has 0 aliphatic carbocycles. The molecule has 2 amide bonds. The minimum Gasteiger partial charge on any atom is -0.478 e. The van der Waals surface area contributed by atoms with E-state index >= 15 is 0 Å². The molecule has 0 aliphatic rings. The lowest BCUT2D eigenvalue weighted by atomic mass is 10.2. The van der Waals surface area contributed by atoms with Crippen molar-refractivity contribution in [3.05, 3.63) is 23.2 Å². The van der Waals surface area contributed by atoms with Crippen LogP contribution in [0.1, 0.15) is 28.3 Å². The molecule has 0 fully saturated rings. The van der Waals surface area contributed by atoms with Gasteiger partial charge in [0, 0.05) is 6.54 Å². The zero-order valence-electron chi connectivity index (χ0n) is 12.0. The van der Waals surface area contributed by atoms with Crippen LogP contribution in [0.25, 0.3) is 0 Å². The van der Waals surface area contributed by atoms with E-state index < -0.39 is 5.97 Å². The average Bonchev–Trinajstić information content (AvgIpc) is 2.73. The summed E-state index contributed by atoms with van der Waals surface area (Å²) in [5.41, 5.74) is 0.119. The van der Waals surface area contributed by atoms with Gasteiger partial charge in [-0.3, -0.25) is 0 Å². The van der Waals surface area contributed by atoms with Crippen LogP contribution in [0.2, 0.25) is 0 Å². The zero-order chi connectivity index (χ0) is 15.1. The van der Waals surface area contributed by atoms with Gasteiger partial charge in [0.2, 0.25) is 0 Å². The van der Waals surface area contributed by atoms with Crippen LogP contribution in [0.3, 0.4) is 0 Å². The number of hydrogen-bond acceptors (Lipinski definition) is 4. The van der Waals surface area contributed by atoms with Crippen LogP contribution < -0.4 is 10.6 Å². The van der Waals surface area contributed by atoms with E-state index in [9.17, 15) is 9.59 Å². The van der Waals surface area contributed by atoms with Crippen molar-refractivity contribution < 1.29 is 19.1 Å². The second-order valence-electron chi connectivity index (χ2n) is 4.75. The van der Waals surface area contributed by atoms with E-state index in [0.29, 0.717) is 18.1 Å². The number of aryl methyl sites for hydroxylation is 1. The number of carbonyl (C=O) groups is 2. The molecule has 3 N–H and O–H groups in total. The summed E-state index contributed by atoms with van der Waals surface area (Å²) in [4.78, 5) is 24.4. The highest BCUT2D eigenvalue weighted by atomic mass is 16.4. The lowest BCUT2D eigenvalue weighted by Gasteiger charge is -2.10. The minimum absolute atomic E-state index is 0.119. The van der Waals surface area contributed by atoms with Gasteiger partial charge >= 0.3 is 12.0 Å². The fourth-order valence-electron chi connectivity index (χ4n) is 1.67. The molecule has 1 rings (SSSR count). The number of carbonyl (C=O) groups excluding carboxylic acids is 1. The molecule has 0 bridgehead atoms. The third-order valence-corrected chi connectivity index (χ3v) is 2.69. The first kappa shape index (κ1) is 16.0. The van der Waals surface area contributed by atoms with Crippen LogP contribution in [0.4, 0.5) is 4.79 Å². The van der Waals surface area contributed by atoms with Gasteiger partial charge in [0.05, 0.1) is 6.54 Å². The van der Waals surface area contributed by atoms with E-state index in [4.69, 9.17) is 9.52 Å². The number of hydrogen-bond donors (Lipinski definition) is 3. The number of amides is 2. The maximum Gasteiger partial charge on any atom is 0.339 e. The summed E-state index contributed by atoms with van der Waals surface area (Å²) in [6, 6.07) is 1.12. The van der Waals surface area contributed by atoms with Crippen molar-refractivity contribution in [3.8, 4) is 0 Å². The summed E-state index contributed by atoms with van der Waals surface area (Å²) >= 11 is 0. The molecule has 20 heavy (non-hydrogen) atoms. The molecule has 1 aromatic heterocycles. The van der Waals surface area contributed by atoms with Gasteiger partial charge in [-0.05, 0) is 40.1 Å². The van der Waals surface area contributed by atoms with Gasteiger partial charge in [-0.1, -0.05) is 0 Å². The summed E-state index contributed by atoms with van der Waals surface area (Å²) in [7, 11) is 3.94. The summed E-state index contributed by atoms with van der Waals surface area (Å²) in [6.07, 6.45) is 0.865. The number of rotatable bonds is 7. The van der Waals surface area contributed by atoms with Crippen LogP contribution >= 0.6 is 0 Å². The molecule has 0 unspecified atom stereocenters. The molecule has 0 saturated carbocycles. The van der Waals surface area contributed by atoms with E-state index in [0.717, 1.165) is 13.0 Å². The average molecular weight is 283 g/mol. The van der Waals surface area contributed by atoms with Crippen LogP contribution in [-0.2, 0) is 6.54 Å². The number of urea groups is 1. The molecule has 1 heterocycles. The Morgan fingerprint density at radius 2 is 2.05 bits per heavy atom. The lowest BCUT2D eigenvalue weighted by Crippen LogP contribution is -2.36. The highest BCUT2D eigenvalue weighted by molar-refractivity contribution is 5.88. The summed E-state index contributed by atoms with van der Waals surface area (Å²) < 4.78 is 5.25. The number of nitrogens with one attached hydrogen (secondary N) is 2. The Morgan fingerprint density at radius 1 is 1.35 bits per heavy atom. The van der Waals surface area contributed by atoms with Crippen molar-refractivity contribution in [1.29, 1.82) is 0 Å². The quantitative estimate of drug-likeness (QED) is 0.650. The highest BCUT2D eigenvalue weighted by Gasteiger charge is 2.13. The van der Waals surface area contributed by atoms with Gasteiger partial charge in [-0.2, -0.15) is 0 Å². The van der Waals surface area contributed by atoms with E-state index in [1.807, 2.05) is 19.0 Å². The molecular formula is C13H21N3O4. The van der Waals surface area contributed by atoms with Gasteiger partial charge < -0.3 is 25.1 Å². The fourth-order valence-corrected chi connectivity index (χ4v) is 1.67. The molecule has 7 nitrogen and oxygen atoms in total. The Morgan fingerprint density at radius 3 is 2.60 bits per heavy atom. The van der Waals surface area contributed by atoms with Crippen molar-refractivity contribution in [1.82, 2.24) is 15.5 Å². The molecule has 1 aromatic rings. The summed E-state index contributed by atoms with van der Waals surface area (Å²) in [5.74, 6) is -0.283. The topological polar surface area (TPSA) is 94.8 Å². The van der Waals surface area contributed by atoms with Crippen LogP contribution in [0.5, 0.6) is 0 Å². The van der Waals surface area contributed by atoms with Crippen LogP contribution in [-0.4, -0.2) is 49.2 Å². The summed E-state index contributed by atoms with van der Waals surface area (Å²) in [5, 5.41) is 14.2. The van der Waals surface area contributed by atoms with Crippen molar-refractivity contribution in [2.45, 2.75) is 19.9 Å². The first-order valence-electron chi connectivity index (χ1n) is 6.39. The van der Waals surface area contributed by atoms with E-state index in [1.165, 1.54) is 6.07 Å². The third-order valence-electron chi connectivity index (χ3n) is 2.69. The fraction of sp³-hybridized carbons (Fsp3) is 0.538. The predicted octanol–water partition coefficient (Wildman–Crippen LogP) is 1.04. The maximum atomic E-state index is 11.5. The molecular weight excluding hydrogens is 262 g/mol. The van der Waals surface area contributed by atoms with Gasteiger partial charge in [0.15, 0.2) is 0 Å². The second kappa shape index (κ2) is 7.54. The van der Waals surface area contributed by atoms with Crippen molar-refractivity contribution >= 4 is 12.0 Å². The van der Waals surface area contributed by atoms with Crippen LogP contribution in [0, 0.1) is 6.92 Å². The number of carboxylic acid groups (broad SMARTS) is 1. The maximum absolute atomic E-state index is 11.5. The molecule has 0 radical (unpaired) electrons. The molecule has 7 heteroatoms.